The fraction of sp³-hybridized carbons (Fsp3) is 0.350. The Bertz CT molecular complexity index is 678. The number of benzene rings is 2. The first-order chi connectivity index (χ1) is 11.6. The van der Waals surface area contributed by atoms with E-state index in [1.165, 1.54) is 16.7 Å². The van der Waals surface area contributed by atoms with Crippen LogP contribution in [0.1, 0.15) is 22.6 Å². The van der Waals surface area contributed by atoms with Crippen LogP contribution < -0.4 is 5.73 Å². The van der Waals surface area contributed by atoms with E-state index in [9.17, 15) is 4.79 Å². The lowest BCUT2D eigenvalue weighted by atomic mass is 9.95. The van der Waals surface area contributed by atoms with Crippen molar-refractivity contribution in [2.75, 3.05) is 18.8 Å². The minimum Gasteiger partial charge on any atom is -0.340 e. The molecule has 2 aromatic carbocycles. The highest BCUT2D eigenvalue weighted by molar-refractivity contribution is 7.99. The second kappa shape index (κ2) is 9.27. The van der Waals surface area contributed by atoms with E-state index in [1.54, 1.807) is 11.8 Å². The van der Waals surface area contributed by atoms with Crippen molar-refractivity contribution < 1.29 is 4.79 Å². The van der Waals surface area contributed by atoms with Gasteiger partial charge in [0.05, 0.1) is 5.75 Å². The Morgan fingerprint density at radius 2 is 1.80 bits per heavy atom. The fourth-order valence-electron chi connectivity index (χ4n) is 3.12. The second-order valence-corrected chi connectivity index (χ2v) is 7.44. The molecule has 0 bridgehead atoms. The van der Waals surface area contributed by atoms with E-state index in [1.807, 2.05) is 23.1 Å². The fourth-order valence-corrected chi connectivity index (χ4v) is 4.00. The van der Waals surface area contributed by atoms with Crippen LogP contribution in [0.25, 0.3) is 0 Å². The van der Waals surface area contributed by atoms with Crippen molar-refractivity contribution in [3.8, 4) is 0 Å². The van der Waals surface area contributed by atoms with Gasteiger partial charge in [0.15, 0.2) is 0 Å². The van der Waals surface area contributed by atoms with Crippen LogP contribution in [0.2, 0.25) is 0 Å². The summed E-state index contributed by atoms with van der Waals surface area (Å²) in [6.45, 7) is 3.47. The van der Waals surface area contributed by atoms with Crippen molar-refractivity contribution in [2.24, 2.45) is 5.73 Å². The monoisotopic (exact) mass is 376 g/mol. The number of nitrogens with two attached hydrogens (primary N) is 1. The van der Waals surface area contributed by atoms with E-state index in [0.717, 1.165) is 12.3 Å². The third kappa shape index (κ3) is 5.24. The molecule has 0 radical (unpaired) electrons. The number of halogens is 1. The van der Waals surface area contributed by atoms with Crippen LogP contribution in [-0.4, -0.2) is 35.7 Å². The molecular weight excluding hydrogens is 352 g/mol. The van der Waals surface area contributed by atoms with E-state index in [2.05, 4.69) is 43.3 Å². The number of likely N-dealkylation sites (tertiary alicyclic amines) is 1. The standard InChI is InChI=1S/C20H24N2OS.ClH/c1-15-7-9-16(10-8-15)13-24-14-20(23)22-11-18(19(21)12-22)17-5-3-2-4-6-17;/h2-10,18-19H,11-14,21H2,1H3;1H/t18-,19+;/m0./s1. The second-order valence-electron chi connectivity index (χ2n) is 6.46. The summed E-state index contributed by atoms with van der Waals surface area (Å²) < 4.78 is 0. The Labute approximate surface area is 160 Å². The van der Waals surface area contributed by atoms with Crippen molar-refractivity contribution in [2.45, 2.75) is 24.6 Å². The van der Waals surface area contributed by atoms with Crippen LogP contribution in [-0.2, 0) is 10.5 Å². The number of rotatable bonds is 5. The highest BCUT2D eigenvalue weighted by Gasteiger charge is 2.33. The third-order valence-corrected chi connectivity index (χ3v) is 5.55. The molecule has 2 aromatic rings. The molecule has 2 atom stereocenters. The van der Waals surface area contributed by atoms with Crippen LogP contribution >= 0.6 is 24.2 Å². The first-order valence-corrected chi connectivity index (χ1v) is 9.50. The maximum Gasteiger partial charge on any atom is 0.232 e. The molecule has 3 nitrogen and oxygen atoms in total. The number of hydrogen-bond acceptors (Lipinski definition) is 3. The number of carbonyl (C=O) groups excluding carboxylic acids is 1. The average molecular weight is 377 g/mol. The van der Waals surface area contributed by atoms with Crippen LogP contribution in [0, 0.1) is 6.92 Å². The predicted octanol–water partition coefficient (Wildman–Crippen LogP) is 3.60. The van der Waals surface area contributed by atoms with Crippen LogP contribution in [0.4, 0.5) is 0 Å². The lowest BCUT2D eigenvalue weighted by molar-refractivity contribution is -0.127. The van der Waals surface area contributed by atoms with Crippen LogP contribution in [0.5, 0.6) is 0 Å². The van der Waals surface area contributed by atoms with Gasteiger partial charge in [0.25, 0.3) is 0 Å². The molecule has 5 heteroatoms. The van der Waals surface area contributed by atoms with Crippen molar-refractivity contribution in [3.63, 3.8) is 0 Å². The van der Waals surface area contributed by atoms with Gasteiger partial charge in [-0.15, -0.1) is 24.2 Å². The SMILES string of the molecule is Cc1ccc(CSCC(=O)N2C[C@@H](N)[C@H](c3ccccc3)C2)cc1.Cl. The van der Waals surface area contributed by atoms with Gasteiger partial charge in [0, 0.05) is 30.8 Å². The maximum absolute atomic E-state index is 12.5. The van der Waals surface area contributed by atoms with Crippen LogP contribution in [0.15, 0.2) is 54.6 Å². The summed E-state index contributed by atoms with van der Waals surface area (Å²) in [5.41, 5.74) is 10.0. The van der Waals surface area contributed by atoms with Gasteiger partial charge in [-0.05, 0) is 18.1 Å². The normalized spacial score (nSPS) is 19.5. The molecule has 25 heavy (non-hydrogen) atoms. The average Bonchev–Trinajstić information content (AvgIpc) is 2.99. The molecule has 1 heterocycles. The molecule has 134 valence electrons. The number of thioether (sulfide) groups is 1. The summed E-state index contributed by atoms with van der Waals surface area (Å²) in [4.78, 5) is 14.4. The number of carbonyl (C=O) groups is 1. The minimum atomic E-state index is 0. The molecule has 1 amide bonds. The Morgan fingerprint density at radius 3 is 2.48 bits per heavy atom. The van der Waals surface area contributed by atoms with Crippen molar-refractivity contribution >= 4 is 30.1 Å². The molecule has 0 aromatic heterocycles. The lowest BCUT2D eigenvalue weighted by Gasteiger charge is -2.16. The zero-order chi connectivity index (χ0) is 16.9. The Hall–Kier alpha value is -1.49. The molecule has 1 aliphatic rings. The number of aryl methyl sites for hydroxylation is 1. The Morgan fingerprint density at radius 1 is 1.12 bits per heavy atom. The molecule has 0 unspecified atom stereocenters. The van der Waals surface area contributed by atoms with Gasteiger partial charge >= 0.3 is 0 Å². The topological polar surface area (TPSA) is 46.3 Å². The molecule has 0 aliphatic carbocycles. The van der Waals surface area contributed by atoms with Gasteiger partial charge in [-0.25, -0.2) is 0 Å². The summed E-state index contributed by atoms with van der Waals surface area (Å²) in [7, 11) is 0. The van der Waals surface area contributed by atoms with Gasteiger partial charge in [-0.1, -0.05) is 60.2 Å². The summed E-state index contributed by atoms with van der Waals surface area (Å²) in [6, 6.07) is 18.8. The van der Waals surface area contributed by atoms with E-state index in [0.29, 0.717) is 12.3 Å². The first-order valence-electron chi connectivity index (χ1n) is 8.35. The largest absolute Gasteiger partial charge is 0.340 e. The van der Waals surface area contributed by atoms with Crippen molar-refractivity contribution in [1.82, 2.24) is 4.90 Å². The number of hydrogen-bond donors (Lipinski definition) is 1. The highest BCUT2D eigenvalue weighted by atomic mass is 35.5. The number of nitrogens with zero attached hydrogens (tertiary/aromatic N) is 1. The van der Waals surface area contributed by atoms with Crippen molar-refractivity contribution in [3.05, 3.63) is 71.3 Å². The van der Waals surface area contributed by atoms with Gasteiger partial charge < -0.3 is 10.6 Å². The predicted molar refractivity (Wildman–Crippen MR) is 108 cm³/mol. The third-order valence-electron chi connectivity index (χ3n) is 4.56. The maximum atomic E-state index is 12.5. The van der Waals surface area contributed by atoms with Gasteiger partial charge in [-0.3, -0.25) is 4.79 Å². The molecule has 1 aliphatic heterocycles. The summed E-state index contributed by atoms with van der Waals surface area (Å²) in [6.07, 6.45) is 0. The van der Waals surface area contributed by atoms with E-state index < -0.39 is 0 Å². The minimum absolute atomic E-state index is 0. The van der Waals surface area contributed by atoms with Crippen LogP contribution in [0.3, 0.4) is 0 Å². The Balaban J connectivity index is 0.00000225. The summed E-state index contributed by atoms with van der Waals surface area (Å²) >= 11 is 1.67. The molecule has 0 saturated carbocycles. The zero-order valence-corrected chi connectivity index (χ0v) is 16.1. The van der Waals surface area contributed by atoms with E-state index in [4.69, 9.17) is 5.73 Å². The quantitative estimate of drug-likeness (QED) is 0.867. The first kappa shape index (κ1) is 19.8. The highest BCUT2D eigenvalue weighted by Crippen LogP contribution is 2.27. The van der Waals surface area contributed by atoms with Gasteiger partial charge in [0.2, 0.25) is 5.91 Å². The molecule has 0 spiro atoms. The summed E-state index contributed by atoms with van der Waals surface area (Å²) in [5, 5.41) is 0. The molecule has 1 saturated heterocycles. The smallest absolute Gasteiger partial charge is 0.232 e. The molecular formula is C20H25ClN2OS. The van der Waals surface area contributed by atoms with E-state index in [-0.39, 0.29) is 30.3 Å². The van der Waals surface area contributed by atoms with Crippen molar-refractivity contribution in [1.29, 1.82) is 0 Å². The lowest BCUT2D eigenvalue weighted by Crippen LogP contribution is -2.33. The summed E-state index contributed by atoms with van der Waals surface area (Å²) in [5.74, 6) is 1.83. The number of amides is 1. The van der Waals surface area contributed by atoms with Gasteiger partial charge in [-0.2, -0.15) is 0 Å². The Kier molecular flexibility index (Phi) is 7.36. The molecule has 1 fully saturated rings. The zero-order valence-electron chi connectivity index (χ0n) is 14.4. The van der Waals surface area contributed by atoms with E-state index >= 15 is 0 Å². The molecule has 2 N–H and O–H groups in total. The van der Waals surface area contributed by atoms with Gasteiger partial charge in [0.1, 0.15) is 0 Å². The molecule has 3 rings (SSSR count).